The van der Waals surface area contributed by atoms with Gasteiger partial charge in [0, 0.05) is 42.3 Å². The summed E-state index contributed by atoms with van der Waals surface area (Å²) in [5, 5.41) is 17.8. The molecule has 0 spiro atoms. The lowest BCUT2D eigenvalue weighted by Gasteiger charge is -2.25. The molecule has 0 radical (unpaired) electrons. The molecule has 1 aliphatic heterocycles. The van der Waals surface area contributed by atoms with Crippen LogP contribution in [0.4, 0.5) is 14.6 Å². The normalized spacial score (nSPS) is 16.0. The van der Waals surface area contributed by atoms with Gasteiger partial charge in [-0.3, -0.25) is 0 Å². The van der Waals surface area contributed by atoms with Crippen LogP contribution in [0.15, 0.2) is 48.7 Å². The van der Waals surface area contributed by atoms with E-state index in [2.05, 4.69) is 16.5 Å². The molecule has 0 bridgehead atoms. The second kappa shape index (κ2) is 9.39. The van der Waals surface area contributed by atoms with E-state index in [1.54, 1.807) is 30.0 Å². The summed E-state index contributed by atoms with van der Waals surface area (Å²) in [7, 11) is 1.67. The zero-order chi connectivity index (χ0) is 24.6. The maximum atomic E-state index is 14.1. The van der Waals surface area contributed by atoms with E-state index in [0.29, 0.717) is 36.2 Å². The summed E-state index contributed by atoms with van der Waals surface area (Å²) < 4.78 is 41.2. The van der Waals surface area contributed by atoms with Gasteiger partial charge in [0.15, 0.2) is 5.65 Å². The van der Waals surface area contributed by atoms with Gasteiger partial charge >= 0.3 is 0 Å². The zero-order valence-electron chi connectivity index (χ0n) is 19.7. The van der Waals surface area contributed by atoms with E-state index in [0.717, 1.165) is 35.1 Å². The summed E-state index contributed by atoms with van der Waals surface area (Å²) in [6, 6.07) is 11.7. The molecule has 7 nitrogen and oxygen atoms in total. The molecule has 1 saturated heterocycles. The number of rotatable bonds is 7. The van der Waals surface area contributed by atoms with Crippen molar-refractivity contribution in [1.82, 2.24) is 14.6 Å². The van der Waals surface area contributed by atoms with Crippen LogP contribution in [0.3, 0.4) is 0 Å². The first-order chi connectivity index (χ1) is 16.9. The number of alkyl halides is 2. The number of ether oxygens (including phenoxy) is 2. The second-order valence-corrected chi connectivity index (χ2v) is 8.91. The summed E-state index contributed by atoms with van der Waals surface area (Å²) in [6.45, 7) is 2.07. The highest BCUT2D eigenvalue weighted by molar-refractivity contribution is 5.93. The van der Waals surface area contributed by atoms with Gasteiger partial charge in [-0.1, -0.05) is 18.2 Å². The quantitative estimate of drug-likeness (QED) is 0.384. The number of anilines is 1. The molecule has 4 aromatic rings. The number of nitrogens with one attached hydrogen (secondary N) is 1. The molecule has 0 amide bonds. The Morgan fingerprint density at radius 3 is 2.77 bits per heavy atom. The summed E-state index contributed by atoms with van der Waals surface area (Å²) in [4.78, 5) is 4.79. The molecule has 9 heteroatoms. The minimum absolute atomic E-state index is 0.221. The molecule has 1 fully saturated rings. The fourth-order valence-corrected chi connectivity index (χ4v) is 4.72. The molecule has 35 heavy (non-hydrogen) atoms. The van der Waals surface area contributed by atoms with Crippen LogP contribution in [0.25, 0.3) is 16.6 Å². The number of aliphatic hydroxyl groups excluding tert-OH is 1. The van der Waals surface area contributed by atoms with Gasteiger partial charge in [-0.25, -0.2) is 9.50 Å². The minimum atomic E-state index is -3.30. The third kappa shape index (κ3) is 4.41. The number of hydrogen-bond donors (Lipinski definition) is 2. The molecule has 1 atom stereocenters. The molecule has 0 aliphatic carbocycles. The zero-order valence-corrected chi connectivity index (χ0v) is 19.7. The Balaban J connectivity index is 1.59. The van der Waals surface area contributed by atoms with Crippen molar-refractivity contribution in [3.63, 3.8) is 0 Å². The SMILES string of the molecule is COc1cc2c(cc1C1CCOCC1)c(N[C@H](C)c1cccc(C(F)(F)CO)c1)nc1ccnn12. The van der Waals surface area contributed by atoms with Crippen LogP contribution >= 0.6 is 0 Å². The highest BCUT2D eigenvalue weighted by atomic mass is 19.3. The number of nitrogens with zero attached hydrogens (tertiary/aromatic N) is 3. The average Bonchev–Trinajstić information content (AvgIpc) is 3.37. The average molecular weight is 483 g/mol. The van der Waals surface area contributed by atoms with Gasteiger partial charge in [0.25, 0.3) is 5.92 Å². The van der Waals surface area contributed by atoms with E-state index in [9.17, 15) is 8.78 Å². The lowest BCUT2D eigenvalue weighted by atomic mass is 9.90. The first-order valence-electron chi connectivity index (χ1n) is 11.7. The molecule has 3 heterocycles. The van der Waals surface area contributed by atoms with E-state index < -0.39 is 12.5 Å². The van der Waals surface area contributed by atoms with Crippen LogP contribution in [-0.4, -0.2) is 46.6 Å². The Kier molecular flexibility index (Phi) is 6.29. The van der Waals surface area contributed by atoms with E-state index in [-0.39, 0.29) is 11.6 Å². The van der Waals surface area contributed by atoms with Crippen LogP contribution < -0.4 is 10.1 Å². The smallest absolute Gasteiger partial charge is 0.295 e. The number of methoxy groups -OCH3 is 1. The maximum Gasteiger partial charge on any atom is 0.295 e. The standard InChI is InChI=1S/C26H28F2N4O3/c1-16(18-4-3-5-19(12-18)26(27,28)15-33)30-25-21-13-20(17-7-10-35-11-8-17)23(34-2)14-22(21)32-24(31-25)6-9-29-32/h3-6,9,12-14,16-17,33H,7-8,10-11,15H2,1-2H3,(H,30,31)/t16-/m1/s1. The molecule has 0 unspecified atom stereocenters. The van der Waals surface area contributed by atoms with Crippen molar-refractivity contribution in [2.45, 2.75) is 37.6 Å². The van der Waals surface area contributed by atoms with E-state index >= 15 is 0 Å². The molecule has 2 N–H and O–H groups in total. The van der Waals surface area contributed by atoms with Gasteiger partial charge in [-0.2, -0.15) is 13.9 Å². The predicted octanol–water partition coefficient (Wildman–Crippen LogP) is 5.04. The molecule has 2 aromatic heterocycles. The number of hydrogen-bond acceptors (Lipinski definition) is 6. The summed E-state index contributed by atoms with van der Waals surface area (Å²) in [5.74, 6) is -1.56. The first kappa shape index (κ1) is 23.4. The topological polar surface area (TPSA) is 80.9 Å². The van der Waals surface area contributed by atoms with Gasteiger partial charge in [0.2, 0.25) is 0 Å². The molecular formula is C26H28F2N4O3. The Morgan fingerprint density at radius 1 is 1.23 bits per heavy atom. The van der Waals surface area contributed by atoms with Crippen LogP contribution in [0.5, 0.6) is 5.75 Å². The minimum Gasteiger partial charge on any atom is -0.496 e. The van der Waals surface area contributed by atoms with Crippen LogP contribution in [0.2, 0.25) is 0 Å². The highest BCUT2D eigenvalue weighted by Crippen LogP contribution is 2.39. The summed E-state index contributed by atoms with van der Waals surface area (Å²) >= 11 is 0. The Labute approximate surface area is 201 Å². The maximum absolute atomic E-state index is 14.1. The van der Waals surface area contributed by atoms with Gasteiger partial charge in [-0.15, -0.1) is 0 Å². The number of aliphatic hydroxyl groups is 1. The molecule has 184 valence electrons. The van der Waals surface area contributed by atoms with Gasteiger partial charge in [0.1, 0.15) is 18.2 Å². The molecule has 5 rings (SSSR count). The Bertz CT molecular complexity index is 1350. The lowest BCUT2D eigenvalue weighted by Crippen LogP contribution is -2.19. The number of aromatic nitrogens is 3. The first-order valence-corrected chi connectivity index (χ1v) is 11.7. The van der Waals surface area contributed by atoms with E-state index in [1.165, 1.54) is 12.1 Å². The van der Waals surface area contributed by atoms with Gasteiger partial charge in [0.05, 0.1) is 18.8 Å². The van der Waals surface area contributed by atoms with Crippen molar-refractivity contribution in [1.29, 1.82) is 0 Å². The van der Waals surface area contributed by atoms with E-state index in [1.807, 2.05) is 19.1 Å². The fourth-order valence-electron chi connectivity index (χ4n) is 4.72. The Morgan fingerprint density at radius 2 is 2.03 bits per heavy atom. The van der Waals surface area contributed by atoms with Crippen LogP contribution in [0, 0.1) is 0 Å². The van der Waals surface area contributed by atoms with Crippen LogP contribution in [0.1, 0.15) is 48.4 Å². The third-order valence-electron chi connectivity index (χ3n) is 6.70. The van der Waals surface area contributed by atoms with Gasteiger partial charge in [-0.05, 0) is 48.9 Å². The van der Waals surface area contributed by atoms with Crippen molar-refractivity contribution in [3.05, 3.63) is 65.4 Å². The number of fused-ring (bicyclic) bond motifs is 3. The Hall–Kier alpha value is -3.30. The molecule has 0 saturated carbocycles. The van der Waals surface area contributed by atoms with Crippen molar-refractivity contribution in [2.24, 2.45) is 0 Å². The van der Waals surface area contributed by atoms with Gasteiger partial charge < -0.3 is 19.9 Å². The summed E-state index contributed by atoms with van der Waals surface area (Å²) in [5.41, 5.74) is 3.03. The predicted molar refractivity (Wildman–Crippen MR) is 129 cm³/mol. The molecule has 1 aliphatic rings. The van der Waals surface area contributed by atoms with E-state index in [4.69, 9.17) is 19.6 Å². The number of halogens is 2. The van der Waals surface area contributed by atoms with Crippen molar-refractivity contribution in [3.8, 4) is 5.75 Å². The molecule has 2 aromatic carbocycles. The fraction of sp³-hybridized carbons (Fsp3) is 0.385. The molecular weight excluding hydrogens is 454 g/mol. The van der Waals surface area contributed by atoms with Crippen LogP contribution in [-0.2, 0) is 10.7 Å². The highest BCUT2D eigenvalue weighted by Gasteiger charge is 2.31. The van der Waals surface area contributed by atoms with Crippen molar-refractivity contribution >= 4 is 22.4 Å². The largest absolute Gasteiger partial charge is 0.496 e. The van der Waals surface area contributed by atoms with Crippen molar-refractivity contribution in [2.75, 3.05) is 32.2 Å². The third-order valence-corrected chi connectivity index (χ3v) is 6.70. The monoisotopic (exact) mass is 482 g/mol. The summed E-state index contributed by atoms with van der Waals surface area (Å²) in [6.07, 6.45) is 3.50. The van der Waals surface area contributed by atoms with Crippen molar-refractivity contribution < 1.29 is 23.4 Å². The lowest BCUT2D eigenvalue weighted by molar-refractivity contribution is -0.0556. The second-order valence-electron chi connectivity index (χ2n) is 8.91. The number of benzene rings is 2.